The van der Waals surface area contributed by atoms with Crippen molar-refractivity contribution in [3.05, 3.63) is 60.8 Å². The fourth-order valence-corrected chi connectivity index (χ4v) is 3.41. The molecule has 2 N–H and O–H groups in total. The van der Waals surface area contributed by atoms with Crippen LogP contribution in [0.1, 0.15) is 97.3 Å². The molecule has 1 aliphatic rings. The van der Waals surface area contributed by atoms with E-state index in [1.807, 2.05) is 6.92 Å². The van der Waals surface area contributed by atoms with Crippen LogP contribution in [0.5, 0.6) is 0 Å². The lowest BCUT2D eigenvalue weighted by Gasteiger charge is -2.21. The first-order chi connectivity index (χ1) is 17.8. The van der Waals surface area contributed by atoms with Crippen molar-refractivity contribution in [2.45, 2.75) is 103 Å². The lowest BCUT2D eigenvalue weighted by atomic mass is 10.1. The predicted molar refractivity (Wildman–Crippen MR) is 148 cm³/mol. The highest BCUT2D eigenvalue weighted by atomic mass is 16.4. The zero-order chi connectivity index (χ0) is 27.7. The van der Waals surface area contributed by atoms with Gasteiger partial charge in [0, 0.05) is 18.6 Å². The molecular formula is C30H45NO6. The average molecular weight is 516 g/mol. The zero-order valence-electron chi connectivity index (χ0n) is 22.5. The van der Waals surface area contributed by atoms with E-state index >= 15 is 0 Å². The van der Waals surface area contributed by atoms with Crippen molar-refractivity contribution in [1.29, 1.82) is 0 Å². The molecule has 1 rings (SSSR count). The molecule has 37 heavy (non-hydrogen) atoms. The van der Waals surface area contributed by atoms with E-state index in [2.05, 4.69) is 55.5 Å². The number of aliphatic carboxylic acids is 2. The van der Waals surface area contributed by atoms with Gasteiger partial charge >= 0.3 is 11.9 Å². The Morgan fingerprint density at radius 3 is 1.62 bits per heavy atom. The van der Waals surface area contributed by atoms with Gasteiger partial charge in [0.05, 0.1) is 0 Å². The van der Waals surface area contributed by atoms with Crippen LogP contribution in [0, 0.1) is 0 Å². The van der Waals surface area contributed by atoms with Gasteiger partial charge < -0.3 is 10.2 Å². The maximum absolute atomic E-state index is 11.2. The van der Waals surface area contributed by atoms with E-state index in [9.17, 15) is 19.2 Å². The van der Waals surface area contributed by atoms with Crippen molar-refractivity contribution in [1.82, 2.24) is 4.90 Å². The summed E-state index contributed by atoms with van der Waals surface area (Å²) in [6.45, 7) is 4.15. The van der Waals surface area contributed by atoms with Crippen molar-refractivity contribution in [2.24, 2.45) is 0 Å². The van der Waals surface area contributed by atoms with Crippen molar-refractivity contribution >= 4 is 23.8 Å². The molecule has 0 bridgehead atoms. The van der Waals surface area contributed by atoms with Crippen LogP contribution in [0.15, 0.2) is 60.8 Å². The minimum Gasteiger partial charge on any atom is -0.481 e. The Hall–Kier alpha value is -3.22. The molecule has 0 aromatic heterocycles. The molecule has 0 saturated heterocycles. The molecular weight excluding hydrogens is 470 g/mol. The lowest BCUT2D eigenvalue weighted by molar-refractivity contribution is -0.153. The second-order valence-electron chi connectivity index (χ2n) is 8.75. The fourth-order valence-electron chi connectivity index (χ4n) is 3.41. The monoisotopic (exact) mass is 515 g/mol. The molecule has 2 amide bonds. The number of carbonyl (C=O) groups excluding carboxylic acids is 2. The summed E-state index contributed by atoms with van der Waals surface area (Å²) in [5.74, 6) is -2.92. The molecule has 7 nitrogen and oxygen atoms in total. The summed E-state index contributed by atoms with van der Waals surface area (Å²) in [6, 6.07) is -1.03. The van der Waals surface area contributed by atoms with E-state index in [-0.39, 0.29) is 6.42 Å². The largest absolute Gasteiger partial charge is 0.481 e. The number of carboxylic acids is 2. The van der Waals surface area contributed by atoms with Crippen molar-refractivity contribution in [3.63, 3.8) is 0 Å². The number of imide groups is 1. The Kier molecular flexibility index (Phi) is 21.2. The van der Waals surface area contributed by atoms with Gasteiger partial charge in [-0.05, 0) is 51.4 Å². The minimum absolute atomic E-state index is 0.262. The lowest BCUT2D eigenvalue weighted by Crippen LogP contribution is -2.44. The summed E-state index contributed by atoms with van der Waals surface area (Å²) in [6.07, 6.45) is 31.4. The van der Waals surface area contributed by atoms with Gasteiger partial charge in [0.15, 0.2) is 0 Å². The molecule has 1 unspecified atom stereocenters. The molecule has 0 fully saturated rings. The summed E-state index contributed by atoms with van der Waals surface area (Å²) >= 11 is 0. The number of hydrogen-bond donors (Lipinski definition) is 2. The Morgan fingerprint density at radius 1 is 0.730 bits per heavy atom. The van der Waals surface area contributed by atoms with Crippen molar-refractivity contribution in [3.8, 4) is 0 Å². The first kappa shape index (κ1) is 33.8. The molecule has 0 aromatic carbocycles. The molecule has 1 atom stereocenters. The molecule has 0 saturated carbocycles. The number of unbranched alkanes of at least 4 members (excludes halogenated alkanes) is 5. The quantitative estimate of drug-likeness (QED) is 0.111. The number of hydrogen-bond acceptors (Lipinski definition) is 4. The van der Waals surface area contributed by atoms with Crippen LogP contribution in [0.2, 0.25) is 0 Å². The number of amides is 2. The highest BCUT2D eigenvalue weighted by molar-refractivity contribution is 6.14. The SMILES string of the molecule is CCCCC(C(=O)O)N1C(=O)C=CC1=O.CCCCCC=CCC=CCC=CCC=CCCCC(=O)O. The second-order valence-corrected chi connectivity index (χ2v) is 8.75. The first-order valence-corrected chi connectivity index (χ1v) is 13.4. The van der Waals surface area contributed by atoms with E-state index in [1.165, 1.54) is 25.7 Å². The van der Waals surface area contributed by atoms with Gasteiger partial charge in [-0.3, -0.25) is 19.3 Å². The smallest absolute Gasteiger partial charge is 0.326 e. The molecule has 0 radical (unpaired) electrons. The minimum atomic E-state index is -1.13. The molecule has 1 aliphatic heterocycles. The summed E-state index contributed by atoms with van der Waals surface area (Å²) in [7, 11) is 0. The van der Waals surface area contributed by atoms with Crippen LogP contribution in [-0.4, -0.2) is 44.9 Å². The zero-order valence-corrected chi connectivity index (χ0v) is 22.5. The van der Waals surface area contributed by atoms with Crippen molar-refractivity contribution in [2.75, 3.05) is 0 Å². The van der Waals surface area contributed by atoms with E-state index in [4.69, 9.17) is 10.2 Å². The number of carboxylic acid groups (broad SMARTS) is 2. The maximum Gasteiger partial charge on any atom is 0.326 e. The summed E-state index contributed by atoms with van der Waals surface area (Å²) in [5.41, 5.74) is 0. The summed E-state index contributed by atoms with van der Waals surface area (Å²) < 4.78 is 0. The summed E-state index contributed by atoms with van der Waals surface area (Å²) in [5, 5.41) is 17.4. The molecule has 0 spiro atoms. The van der Waals surface area contributed by atoms with E-state index < -0.39 is 29.8 Å². The Bertz CT molecular complexity index is 804. The Labute approximate surface area is 222 Å². The summed E-state index contributed by atoms with van der Waals surface area (Å²) in [4.78, 5) is 44.5. The highest BCUT2D eigenvalue weighted by Gasteiger charge is 2.35. The fraction of sp³-hybridized carbons (Fsp3) is 0.533. The maximum atomic E-state index is 11.2. The van der Waals surface area contributed by atoms with Crippen LogP contribution < -0.4 is 0 Å². The van der Waals surface area contributed by atoms with Crippen LogP contribution in [-0.2, 0) is 19.2 Å². The number of carbonyl (C=O) groups is 4. The van der Waals surface area contributed by atoms with Crippen LogP contribution in [0.4, 0.5) is 0 Å². The third kappa shape index (κ3) is 18.7. The first-order valence-electron chi connectivity index (χ1n) is 13.4. The predicted octanol–water partition coefficient (Wildman–Crippen LogP) is 6.77. The highest BCUT2D eigenvalue weighted by Crippen LogP contribution is 2.15. The van der Waals surface area contributed by atoms with Crippen molar-refractivity contribution < 1.29 is 29.4 Å². The number of nitrogens with zero attached hydrogens (tertiary/aromatic N) is 1. The average Bonchev–Trinajstić information content (AvgIpc) is 3.19. The van der Waals surface area contributed by atoms with Crippen LogP contribution >= 0.6 is 0 Å². The van der Waals surface area contributed by atoms with Gasteiger partial charge in [-0.2, -0.15) is 0 Å². The van der Waals surface area contributed by atoms with E-state index in [0.717, 1.165) is 55.6 Å². The van der Waals surface area contributed by atoms with Gasteiger partial charge in [-0.25, -0.2) is 4.79 Å². The van der Waals surface area contributed by atoms with Gasteiger partial charge in [-0.15, -0.1) is 0 Å². The molecule has 7 heteroatoms. The number of rotatable bonds is 19. The van der Waals surface area contributed by atoms with Gasteiger partial charge in [-0.1, -0.05) is 88.1 Å². The van der Waals surface area contributed by atoms with Crippen LogP contribution in [0.25, 0.3) is 0 Å². The Balaban J connectivity index is 0.000000749. The topological polar surface area (TPSA) is 112 Å². The third-order valence-electron chi connectivity index (χ3n) is 5.49. The van der Waals surface area contributed by atoms with E-state index in [0.29, 0.717) is 12.8 Å². The molecule has 1 heterocycles. The standard InChI is InChI=1S/C20H32O2.C10H13NO4/c1-2-3-4-5-6-7-8-9-10-11-12-13-14-15-16-17-18-19-20(21)22;1-2-3-4-7(10(14)15)11-8(12)5-6-9(11)13/h6-7,9-10,12-13,15-16H,2-5,8,11,14,17-19H2,1H3,(H,21,22);5-7H,2-4H2,1H3,(H,14,15). The van der Waals surface area contributed by atoms with Gasteiger partial charge in [0.25, 0.3) is 11.8 Å². The Morgan fingerprint density at radius 2 is 1.19 bits per heavy atom. The normalized spacial score (nSPS) is 14.4. The van der Waals surface area contributed by atoms with Crippen LogP contribution in [0.3, 0.4) is 0 Å². The molecule has 206 valence electrons. The second kappa shape index (κ2) is 23.2. The number of allylic oxidation sites excluding steroid dienone is 8. The molecule has 0 aromatic rings. The van der Waals surface area contributed by atoms with Gasteiger partial charge in [0.1, 0.15) is 6.04 Å². The third-order valence-corrected chi connectivity index (χ3v) is 5.49. The van der Waals surface area contributed by atoms with E-state index in [1.54, 1.807) is 0 Å². The molecule has 0 aliphatic carbocycles. The van der Waals surface area contributed by atoms with Gasteiger partial charge in [0.2, 0.25) is 0 Å².